The van der Waals surface area contributed by atoms with E-state index < -0.39 is 11.5 Å². The summed E-state index contributed by atoms with van der Waals surface area (Å²) < 4.78 is 5.64. The Hall–Kier alpha value is -2.37. The van der Waals surface area contributed by atoms with E-state index in [-0.39, 0.29) is 24.2 Å². The highest BCUT2D eigenvalue weighted by atomic mass is 16.6. The number of carbonyl (C=O) groups excluding carboxylic acids is 3. The predicted molar refractivity (Wildman–Crippen MR) is 109 cm³/mol. The molecule has 29 heavy (non-hydrogen) atoms. The zero-order valence-electron chi connectivity index (χ0n) is 17.1. The quantitative estimate of drug-likeness (QED) is 0.787. The Bertz CT molecular complexity index is 775. The van der Waals surface area contributed by atoms with Crippen molar-refractivity contribution in [2.24, 2.45) is 11.8 Å². The summed E-state index contributed by atoms with van der Waals surface area (Å²) in [5.41, 5.74) is 0.658. The summed E-state index contributed by atoms with van der Waals surface area (Å²) in [6.07, 6.45) is 6.87. The summed E-state index contributed by atoms with van der Waals surface area (Å²) in [6, 6.07) is 7.07. The number of hydrogen-bond acceptors (Lipinski definition) is 4. The summed E-state index contributed by atoms with van der Waals surface area (Å²) in [4.78, 5) is 39.4. The number of piperidine rings is 1. The first-order valence-electron chi connectivity index (χ1n) is 10.9. The molecule has 0 unspecified atom stereocenters. The third kappa shape index (κ3) is 4.16. The van der Waals surface area contributed by atoms with Crippen LogP contribution in [0.2, 0.25) is 0 Å². The maximum atomic E-state index is 12.9. The van der Waals surface area contributed by atoms with Crippen molar-refractivity contribution in [3.05, 3.63) is 29.8 Å². The van der Waals surface area contributed by atoms with Gasteiger partial charge in [-0.05, 0) is 68.7 Å². The second-order valence-corrected chi connectivity index (χ2v) is 8.90. The van der Waals surface area contributed by atoms with Gasteiger partial charge in [-0.3, -0.25) is 14.4 Å². The zero-order chi connectivity index (χ0) is 20.4. The normalized spacial score (nSPS) is 24.4. The second kappa shape index (κ2) is 8.17. The molecule has 1 aromatic rings. The Kier molecular flexibility index (Phi) is 5.61. The van der Waals surface area contributed by atoms with Gasteiger partial charge in [0.05, 0.1) is 12.3 Å². The summed E-state index contributed by atoms with van der Waals surface area (Å²) in [7, 11) is 0. The lowest BCUT2D eigenvalue weighted by Crippen LogP contribution is -2.43. The number of hydrogen-bond donors (Lipinski definition) is 1. The van der Waals surface area contributed by atoms with Crippen molar-refractivity contribution in [3.63, 3.8) is 0 Å². The number of nitrogens with one attached hydrogen (secondary N) is 1. The fourth-order valence-corrected chi connectivity index (χ4v) is 4.94. The molecule has 2 heterocycles. The van der Waals surface area contributed by atoms with E-state index in [0.717, 1.165) is 58.0 Å². The molecule has 4 rings (SSSR count). The van der Waals surface area contributed by atoms with Crippen LogP contribution in [0.25, 0.3) is 0 Å². The lowest BCUT2D eigenvalue weighted by molar-refractivity contribution is -0.153. The van der Waals surface area contributed by atoms with E-state index in [4.69, 9.17) is 4.74 Å². The molecule has 3 fully saturated rings. The summed E-state index contributed by atoms with van der Waals surface area (Å²) in [6.45, 7) is 3.83. The molecule has 156 valence electrons. The smallest absolute Gasteiger partial charge is 0.307 e. The first-order chi connectivity index (χ1) is 14.0. The number of esters is 1. The van der Waals surface area contributed by atoms with Gasteiger partial charge in [0.15, 0.2) is 0 Å². The van der Waals surface area contributed by atoms with Gasteiger partial charge in [-0.15, -0.1) is 0 Å². The molecule has 0 radical (unpaired) electrons. The van der Waals surface area contributed by atoms with Crippen LogP contribution >= 0.6 is 0 Å². The third-order valence-corrected chi connectivity index (χ3v) is 6.81. The molecule has 2 amide bonds. The van der Waals surface area contributed by atoms with Crippen LogP contribution in [0, 0.1) is 11.8 Å². The van der Waals surface area contributed by atoms with Crippen molar-refractivity contribution < 1.29 is 19.1 Å². The van der Waals surface area contributed by atoms with Crippen LogP contribution in [0.3, 0.4) is 0 Å². The van der Waals surface area contributed by atoms with Gasteiger partial charge in [0.25, 0.3) is 5.91 Å². The Morgan fingerprint density at radius 1 is 1.07 bits per heavy atom. The Labute approximate surface area is 172 Å². The van der Waals surface area contributed by atoms with E-state index in [1.807, 2.05) is 4.90 Å². The number of nitrogens with zero attached hydrogens (tertiary/aromatic N) is 1. The largest absolute Gasteiger partial charge is 0.458 e. The molecule has 1 saturated carbocycles. The average Bonchev–Trinajstić information content (AvgIpc) is 3.04. The van der Waals surface area contributed by atoms with Crippen molar-refractivity contribution in [1.82, 2.24) is 4.90 Å². The molecule has 3 aliphatic rings. The number of ether oxygens (including phenoxy) is 1. The first kappa shape index (κ1) is 19.9. The molecule has 2 saturated heterocycles. The van der Waals surface area contributed by atoms with Crippen molar-refractivity contribution in [2.45, 2.75) is 63.9 Å². The van der Waals surface area contributed by atoms with Gasteiger partial charge in [0.2, 0.25) is 5.91 Å². The number of anilines is 1. The molecule has 1 atom stereocenters. The second-order valence-electron chi connectivity index (χ2n) is 8.90. The minimum Gasteiger partial charge on any atom is -0.458 e. The Morgan fingerprint density at radius 3 is 2.38 bits per heavy atom. The minimum absolute atomic E-state index is 0.0470. The molecule has 0 bridgehead atoms. The van der Waals surface area contributed by atoms with E-state index in [0.29, 0.717) is 17.2 Å². The first-order valence-corrected chi connectivity index (χ1v) is 10.9. The maximum Gasteiger partial charge on any atom is 0.307 e. The number of amides is 2. The van der Waals surface area contributed by atoms with E-state index in [1.54, 1.807) is 24.3 Å². The van der Waals surface area contributed by atoms with Crippen LogP contribution in [0.4, 0.5) is 5.69 Å². The Balaban J connectivity index is 1.40. The number of benzene rings is 1. The Morgan fingerprint density at radius 2 is 1.72 bits per heavy atom. The highest BCUT2D eigenvalue weighted by Crippen LogP contribution is 2.44. The summed E-state index contributed by atoms with van der Waals surface area (Å²) in [5.74, 6) is -0.154. The zero-order valence-corrected chi connectivity index (χ0v) is 17.1. The van der Waals surface area contributed by atoms with Crippen molar-refractivity contribution in [3.8, 4) is 0 Å². The van der Waals surface area contributed by atoms with Crippen molar-refractivity contribution >= 4 is 23.5 Å². The number of likely N-dealkylation sites (tertiary alicyclic amines) is 1. The lowest BCUT2D eigenvalue weighted by Gasteiger charge is -2.36. The molecule has 6 nitrogen and oxygen atoms in total. The van der Waals surface area contributed by atoms with Crippen LogP contribution in [0.1, 0.15) is 68.6 Å². The van der Waals surface area contributed by atoms with Gasteiger partial charge in [-0.2, -0.15) is 0 Å². The van der Waals surface area contributed by atoms with Crippen LogP contribution in [0.15, 0.2) is 24.3 Å². The highest BCUT2D eigenvalue weighted by Gasteiger charge is 2.52. The summed E-state index contributed by atoms with van der Waals surface area (Å²) >= 11 is 0. The van der Waals surface area contributed by atoms with Crippen LogP contribution in [-0.4, -0.2) is 41.4 Å². The predicted octanol–water partition coefficient (Wildman–Crippen LogP) is 3.76. The molecular weight excluding hydrogens is 368 g/mol. The fraction of sp³-hybridized carbons (Fsp3) is 0.609. The molecule has 2 aliphatic heterocycles. The number of rotatable bonds is 3. The summed E-state index contributed by atoms with van der Waals surface area (Å²) in [5, 5.41) is 2.93. The van der Waals surface area contributed by atoms with E-state index in [9.17, 15) is 14.4 Å². The molecule has 1 spiro atoms. The van der Waals surface area contributed by atoms with Gasteiger partial charge in [0, 0.05) is 24.3 Å². The third-order valence-electron chi connectivity index (χ3n) is 6.81. The SMILES string of the molecule is CC1CCN(C(=O)c2ccc(NC(=O)[C@@H]3CC(=O)OC34CCCCC4)cc2)CC1. The van der Waals surface area contributed by atoms with Gasteiger partial charge in [-0.1, -0.05) is 13.3 Å². The number of carbonyl (C=O) groups is 3. The highest BCUT2D eigenvalue weighted by molar-refractivity contribution is 5.98. The lowest BCUT2D eigenvalue weighted by atomic mass is 9.75. The minimum atomic E-state index is -0.624. The molecule has 6 heteroatoms. The van der Waals surface area contributed by atoms with Crippen LogP contribution in [-0.2, 0) is 14.3 Å². The monoisotopic (exact) mass is 398 g/mol. The van der Waals surface area contributed by atoms with Crippen molar-refractivity contribution in [2.75, 3.05) is 18.4 Å². The maximum absolute atomic E-state index is 12.9. The van der Waals surface area contributed by atoms with Crippen LogP contribution < -0.4 is 5.32 Å². The van der Waals surface area contributed by atoms with E-state index >= 15 is 0 Å². The fourth-order valence-electron chi connectivity index (χ4n) is 4.94. The molecule has 1 aliphatic carbocycles. The van der Waals surface area contributed by atoms with Gasteiger partial charge >= 0.3 is 5.97 Å². The molecule has 1 N–H and O–H groups in total. The van der Waals surface area contributed by atoms with Crippen LogP contribution in [0.5, 0.6) is 0 Å². The molecule has 1 aromatic carbocycles. The molecular formula is C23H30N2O4. The molecule has 0 aromatic heterocycles. The van der Waals surface area contributed by atoms with Gasteiger partial charge in [0.1, 0.15) is 5.60 Å². The standard InChI is InChI=1S/C23H30N2O4/c1-16-9-13-25(14-10-16)22(28)17-5-7-18(8-6-17)24-21(27)19-15-20(26)29-23(19)11-3-2-4-12-23/h5-8,16,19H,2-4,9-15H2,1H3,(H,24,27)/t19-/m0/s1. The van der Waals surface area contributed by atoms with E-state index in [1.165, 1.54) is 0 Å². The van der Waals surface area contributed by atoms with Gasteiger partial charge < -0.3 is 15.0 Å². The average molecular weight is 399 g/mol. The van der Waals surface area contributed by atoms with Crippen molar-refractivity contribution in [1.29, 1.82) is 0 Å². The van der Waals surface area contributed by atoms with E-state index in [2.05, 4.69) is 12.2 Å². The topological polar surface area (TPSA) is 75.7 Å². The van der Waals surface area contributed by atoms with Gasteiger partial charge in [-0.25, -0.2) is 0 Å².